The Hall–Kier alpha value is -6.08. The predicted octanol–water partition coefficient (Wildman–Crippen LogP) is 12.3. The van der Waals surface area contributed by atoms with Crippen LogP contribution >= 0.6 is 22.7 Å². The van der Waals surface area contributed by atoms with Gasteiger partial charge >= 0.3 is 0 Å². The molecular formula is C44H26N4S2. The second-order valence-corrected chi connectivity index (χ2v) is 14.4. The molecule has 0 amide bonds. The maximum absolute atomic E-state index is 5.31. The van der Waals surface area contributed by atoms with E-state index >= 15 is 0 Å². The molecule has 6 heteroatoms. The first-order valence-corrected chi connectivity index (χ1v) is 18.1. The van der Waals surface area contributed by atoms with E-state index in [1.165, 1.54) is 25.6 Å². The van der Waals surface area contributed by atoms with E-state index in [-0.39, 0.29) is 0 Å². The number of benzene rings is 7. The minimum atomic E-state index is 0.635. The minimum absolute atomic E-state index is 0.635. The zero-order valence-corrected chi connectivity index (χ0v) is 28.2. The summed E-state index contributed by atoms with van der Waals surface area (Å²) in [5.74, 6) is 1.92. The van der Waals surface area contributed by atoms with Crippen molar-refractivity contribution in [3.05, 3.63) is 158 Å². The lowest BCUT2D eigenvalue weighted by Crippen LogP contribution is -2.00. The third-order valence-corrected chi connectivity index (χ3v) is 11.4. The van der Waals surface area contributed by atoms with Crippen LogP contribution in [0.5, 0.6) is 0 Å². The summed E-state index contributed by atoms with van der Waals surface area (Å²) in [6, 6.07) is 55.0. The highest BCUT2D eigenvalue weighted by molar-refractivity contribution is 7.26. The molecule has 0 radical (unpaired) electrons. The number of aromatic nitrogens is 4. The Morgan fingerprint density at radius 1 is 0.380 bits per heavy atom. The van der Waals surface area contributed by atoms with E-state index in [2.05, 4.69) is 133 Å². The summed E-state index contributed by atoms with van der Waals surface area (Å²) in [6.45, 7) is 0. The Balaban J connectivity index is 1.26. The van der Waals surface area contributed by atoms with Crippen LogP contribution in [0.3, 0.4) is 0 Å². The summed E-state index contributed by atoms with van der Waals surface area (Å²) in [4.78, 5) is 20.9. The molecule has 0 aliphatic heterocycles. The van der Waals surface area contributed by atoms with Crippen LogP contribution in [0, 0.1) is 0 Å². The van der Waals surface area contributed by atoms with Gasteiger partial charge in [-0.15, -0.1) is 22.7 Å². The van der Waals surface area contributed by atoms with Crippen molar-refractivity contribution >= 4 is 63.8 Å². The number of thiazole rings is 1. The molecule has 4 nitrogen and oxygen atoms in total. The van der Waals surface area contributed by atoms with Gasteiger partial charge in [-0.1, -0.05) is 133 Å². The summed E-state index contributed by atoms with van der Waals surface area (Å²) in [5.41, 5.74) is 7.18. The van der Waals surface area contributed by atoms with Crippen molar-refractivity contribution in [2.24, 2.45) is 0 Å². The molecule has 0 saturated heterocycles. The van der Waals surface area contributed by atoms with Gasteiger partial charge in [-0.25, -0.2) is 19.9 Å². The lowest BCUT2D eigenvalue weighted by atomic mass is 10.0. The molecule has 3 aromatic heterocycles. The molecule has 0 fully saturated rings. The quantitative estimate of drug-likeness (QED) is 0.182. The fourth-order valence-electron chi connectivity index (χ4n) is 6.73. The number of hydrogen-bond donors (Lipinski definition) is 0. The van der Waals surface area contributed by atoms with Crippen LogP contribution in [-0.4, -0.2) is 19.9 Å². The second kappa shape index (κ2) is 11.8. The van der Waals surface area contributed by atoms with Crippen LogP contribution in [0.4, 0.5) is 0 Å². The molecule has 50 heavy (non-hydrogen) atoms. The van der Waals surface area contributed by atoms with E-state index in [1.54, 1.807) is 22.7 Å². The van der Waals surface area contributed by atoms with E-state index in [4.69, 9.17) is 19.9 Å². The Morgan fingerprint density at radius 3 is 1.88 bits per heavy atom. The fraction of sp³-hybridized carbons (Fsp3) is 0. The zero-order valence-electron chi connectivity index (χ0n) is 26.6. The molecule has 0 N–H and O–H groups in total. The van der Waals surface area contributed by atoms with Gasteiger partial charge in [0.05, 0.1) is 10.2 Å². The monoisotopic (exact) mass is 674 g/mol. The predicted molar refractivity (Wildman–Crippen MR) is 211 cm³/mol. The van der Waals surface area contributed by atoms with Crippen molar-refractivity contribution in [2.75, 3.05) is 0 Å². The van der Waals surface area contributed by atoms with Gasteiger partial charge in [-0.2, -0.15) is 0 Å². The lowest BCUT2D eigenvalue weighted by molar-refractivity contribution is 1.08. The first-order valence-electron chi connectivity index (χ1n) is 16.5. The van der Waals surface area contributed by atoms with Crippen LogP contribution in [0.15, 0.2) is 158 Å². The summed E-state index contributed by atoms with van der Waals surface area (Å²) in [5, 5.41) is 5.73. The molecule has 0 bridgehead atoms. The van der Waals surface area contributed by atoms with Crippen LogP contribution in [0.25, 0.3) is 97.0 Å². The molecule has 10 rings (SSSR count). The number of nitrogens with zero attached hydrogens (tertiary/aromatic N) is 4. The molecular weight excluding hydrogens is 649 g/mol. The first-order chi connectivity index (χ1) is 24.7. The largest absolute Gasteiger partial charge is 0.236 e. The van der Waals surface area contributed by atoms with E-state index in [1.807, 2.05) is 24.3 Å². The Bertz CT molecular complexity index is 2880. The van der Waals surface area contributed by atoms with Crippen molar-refractivity contribution in [1.29, 1.82) is 0 Å². The Labute approximate surface area is 296 Å². The van der Waals surface area contributed by atoms with Crippen molar-refractivity contribution < 1.29 is 0 Å². The van der Waals surface area contributed by atoms with E-state index in [0.717, 1.165) is 54.0 Å². The van der Waals surface area contributed by atoms with Crippen molar-refractivity contribution in [3.63, 3.8) is 0 Å². The van der Waals surface area contributed by atoms with E-state index in [0.29, 0.717) is 17.5 Å². The van der Waals surface area contributed by atoms with Crippen LogP contribution < -0.4 is 0 Å². The standard InChI is InChI=1S/C44H26N4S2/c1-3-12-27(13-4-1)31-18-11-19-32(24-31)42-46-41(29-15-5-2-6-16-29)47-43(48-42)39-38-34-20-9-10-21-36(34)49-37(38)26-35-40(39)50-44(45-35)33-23-22-28-14-7-8-17-30(28)25-33/h1-26H. The van der Waals surface area contributed by atoms with E-state index in [9.17, 15) is 0 Å². The normalized spacial score (nSPS) is 11.6. The number of thiophene rings is 1. The van der Waals surface area contributed by atoms with Gasteiger partial charge in [-0.05, 0) is 46.2 Å². The van der Waals surface area contributed by atoms with Crippen molar-refractivity contribution in [3.8, 4) is 55.9 Å². The lowest BCUT2D eigenvalue weighted by Gasteiger charge is -2.11. The molecule has 3 heterocycles. The minimum Gasteiger partial charge on any atom is -0.236 e. The third-order valence-electron chi connectivity index (χ3n) is 9.14. The highest BCUT2D eigenvalue weighted by Gasteiger charge is 2.23. The smallest absolute Gasteiger partial charge is 0.166 e. The summed E-state index contributed by atoms with van der Waals surface area (Å²) in [7, 11) is 0. The highest BCUT2D eigenvalue weighted by Crippen LogP contribution is 2.47. The fourth-order valence-corrected chi connectivity index (χ4v) is 8.97. The maximum Gasteiger partial charge on any atom is 0.166 e. The van der Waals surface area contributed by atoms with Gasteiger partial charge in [0.2, 0.25) is 0 Å². The van der Waals surface area contributed by atoms with Crippen LogP contribution in [0.1, 0.15) is 0 Å². The van der Waals surface area contributed by atoms with Gasteiger partial charge in [0.1, 0.15) is 5.01 Å². The first kappa shape index (κ1) is 28.9. The molecule has 0 atom stereocenters. The van der Waals surface area contributed by atoms with Gasteiger partial charge in [0, 0.05) is 42.4 Å². The highest BCUT2D eigenvalue weighted by atomic mass is 32.1. The summed E-state index contributed by atoms with van der Waals surface area (Å²) >= 11 is 3.49. The second-order valence-electron chi connectivity index (χ2n) is 12.3. The SMILES string of the molecule is c1ccc(-c2cccc(-c3nc(-c4ccccc4)nc(-c4c5sc(-c6ccc7ccccc7c6)nc5cc5sc6ccccc6c45)n3)c2)cc1. The molecule has 0 unspecified atom stereocenters. The van der Waals surface area contributed by atoms with Crippen molar-refractivity contribution in [2.45, 2.75) is 0 Å². The molecule has 10 aromatic rings. The Kier molecular flexibility index (Phi) is 6.82. The average molecular weight is 675 g/mol. The van der Waals surface area contributed by atoms with Gasteiger partial charge in [0.25, 0.3) is 0 Å². The van der Waals surface area contributed by atoms with Crippen LogP contribution in [0.2, 0.25) is 0 Å². The van der Waals surface area contributed by atoms with Crippen LogP contribution in [-0.2, 0) is 0 Å². The molecule has 0 saturated carbocycles. The number of rotatable bonds is 5. The van der Waals surface area contributed by atoms with Gasteiger partial charge in [0.15, 0.2) is 17.5 Å². The van der Waals surface area contributed by atoms with Gasteiger partial charge < -0.3 is 0 Å². The zero-order chi connectivity index (χ0) is 33.0. The number of fused-ring (bicyclic) bond motifs is 5. The topological polar surface area (TPSA) is 51.6 Å². The van der Waals surface area contributed by atoms with Crippen molar-refractivity contribution in [1.82, 2.24) is 19.9 Å². The molecule has 7 aromatic carbocycles. The summed E-state index contributed by atoms with van der Waals surface area (Å²) < 4.78 is 3.46. The Morgan fingerprint density at radius 2 is 1.04 bits per heavy atom. The third kappa shape index (κ3) is 4.96. The maximum atomic E-state index is 5.31. The molecule has 0 aliphatic carbocycles. The van der Waals surface area contributed by atoms with E-state index < -0.39 is 0 Å². The molecule has 0 spiro atoms. The summed E-state index contributed by atoms with van der Waals surface area (Å²) in [6.07, 6.45) is 0. The molecule has 0 aliphatic rings. The molecule has 234 valence electrons. The number of hydrogen-bond acceptors (Lipinski definition) is 6. The average Bonchev–Trinajstić information content (AvgIpc) is 3.79. The van der Waals surface area contributed by atoms with Gasteiger partial charge in [-0.3, -0.25) is 0 Å².